The number of carbonyl (C=O) groups is 2. The van der Waals surface area contributed by atoms with Crippen molar-refractivity contribution in [3.05, 3.63) is 11.6 Å². The van der Waals surface area contributed by atoms with Crippen molar-refractivity contribution >= 4 is 12.1 Å². The molecule has 9 atom stereocenters. The molecule has 0 spiro atoms. The lowest BCUT2D eigenvalue weighted by Crippen LogP contribution is -2.62. The number of ether oxygens (including phenoxy) is 2. The Balaban J connectivity index is 1.06. The Bertz CT molecular complexity index is 986. The van der Waals surface area contributed by atoms with Gasteiger partial charge in [0.25, 0.3) is 0 Å². The van der Waals surface area contributed by atoms with Crippen molar-refractivity contribution in [1.82, 2.24) is 10.2 Å². The van der Waals surface area contributed by atoms with E-state index in [1.807, 2.05) is 0 Å². The number of hydrogen-bond acceptors (Lipinski definition) is 7. The van der Waals surface area contributed by atoms with Gasteiger partial charge in [-0.15, -0.1) is 0 Å². The van der Waals surface area contributed by atoms with Gasteiger partial charge in [0.1, 0.15) is 12.7 Å². The standard InChI is InChI=1S/C30H46N2O6/c1-28-9-5-22(38-27(35)31-12-14-32-13-8-21(33)17-32)16-20(28)3-4-25-24(28)6-10-29(2)23(7-11-30(25,29)36)19-15-26(34)37-18-19/h15,20-25,33,36H,3-14,16-18H2,1-2H3,(H,31,35)/t20-,21-,22+,23-,24+,25-,28+,29-,30+/m1/s1. The Morgan fingerprint density at radius 1 is 1.13 bits per heavy atom. The normalized spacial score (nSPS) is 46.5. The van der Waals surface area contributed by atoms with Crippen LogP contribution in [0, 0.1) is 34.5 Å². The van der Waals surface area contributed by atoms with Gasteiger partial charge in [0.15, 0.2) is 0 Å². The molecule has 1 saturated heterocycles. The average molecular weight is 531 g/mol. The van der Waals surface area contributed by atoms with Crippen LogP contribution < -0.4 is 5.32 Å². The van der Waals surface area contributed by atoms with E-state index in [-0.39, 0.29) is 46.9 Å². The van der Waals surface area contributed by atoms with Gasteiger partial charge in [0.05, 0.1) is 11.7 Å². The monoisotopic (exact) mass is 530 g/mol. The van der Waals surface area contributed by atoms with Crippen molar-refractivity contribution in [2.24, 2.45) is 34.5 Å². The number of esters is 1. The molecule has 8 heteroatoms. The van der Waals surface area contributed by atoms with Crippen molar-refractivity contribution < 1.29 is 29.3 Å². The van der Waals surface area contributed by atoms with Gasteiger partial charge in [0.2, 0.25) is 0 Å². The van der Waals surface area contributed by atoms with E-state index in [0.717, 1.165) is 82.9 Å². The van der Waals surface area contributed by atoms with Crippen LogP contribution in [0.25, 0.3) is 0 Å². The Morgan fingerprint density at radius 3 is 2.71 bits per heavy atom. The molecule has 5 fully saturated rings. The Labute approximate surface area is 226 Å². The molecular weight excluding hydrogens is 484 g/mol. The van der Waals surface area contributed by atoms with E-state index in [2.05, 4.69) is 24.1 Å². The molecule has 4 saturated carbocycles. The molecule has 0 unspecified atom stereocenters. The lowest BCUT2D eigenvalue weighted by Gasteiger charge is -2.63. The predicted octanol–water partition coefficient (Wildman–Crippen LogP) is 3.40. The fraction of sp³-hybridized carbons (Fsp3) is 0.867. The minimum Gasteiger partial charge on any atom is -0.458 e. The number of nitrogens with one attached hydrogen (secondary N) is 1. The van der Waals surface area contributed by atoms with E-state index in [4.69, 9.17) is 9.47 Å². The molecule has 0 radical (unpaired) electrons. The molecule has 0 bridgehead atoms. The molecule has 4 aliphatic carbocycles. The first-order valence-electron chi connectivity index (χ1n) is 15.1. The summed E-state index contributed by atoms with van der Waals surface area (Å²) in [5, 5.41) is 24.9. The second-order valence-corrected chi connectivity index (χ2v) is 13.8. The lowest BCUT2D eigenvalue weighted by atomic mass is 9.43. The quantitative estimate of drug-likeness (QED) is 0.468. The summed E-state index contributed by atoms with van der Waals surface area (Å²) in [5.74, 6) is 1.27. The molecule has 0 aromatic carbocycles. The van der Waals surface area contributed by atoms with Crippen LogP contribution in [0.1, 0.15) is 78.1 Å². The zero-order chi connectivity index (χ0) is 26.7. The van der Waals surface area contributed by atoms with Crippen LogP contribution >= 0.6 is 0 Å². The minimum atomic E-state index is -0.695. The molecule has 3 N–H and O–H groups in total. The number of aliphatic hydroxyl groups is 2. The van der Waals surface area contributed by atoms with Crippen LogP contribution in [-0.4, -0.2) is 77.8 Å². The average Bonchev–Trinajstić information content (AvgIpc) is 3.56. The Kier molecular flexibility index (Phi) is 6.83. The third-order valence-corrected chi connectivity index (χ3v) is 12.2. The summed E-state index contributed by atoms with van der Waals surface area (Å²) in [4.78, 5) is 26.5. The number of rotatable bonds is 5. The van der Waals surface area contributed by atoms with Crippen LogP contribution in [0.15, 0.2) is 11.6 Å². The fourth-order valence-electron chi connectivity index (χ4n) is 10.0. The second-order valence-electron chi connectivity index (χ2n) is 13.8. The smallest absolute Gasteiger partial charge is 0.407 e. The summed E-state index contributed by atoms with van der Waals surface area (Å²) in [6.07, 6.45) is 10.6. The van der Waals surface area contributed by atoms with Crippen molar-refractivity contribution in [3.8, 4) is 0 Å². The van der Waals surface area contributed by atoms with Crippen molar-refractivity contribution in [1.29, 1.82) is 0 Å². The molecule has 212 valence electrons. The van der Waals surface area contributed by atoms with Crippen LogP contribution in [0.4, 0.5) is 4.79 Å². The predicted molar refractivity (Wildman–Crippen MR) is 141 cm³/mol. The van der Waals surface area contributed by atoms with E-state index in [1.165, 1.54) is 0 Å². The van der Waals surface area contributed by atoms with Crippen LogP contribution in [0.2, 0.25) is 0 Å². The fourth-order valence-corrected chi connectivity index (χ4v) is 10.0. The van der Waals surface area contributed by atoms with E-state index < -0.39 is 5.60 Å². The minimum absolute atomic E-state index is 0.0436. The Hall–Kier alpha value is -1.64. The maximum absolute atomic E-state index is 12.5. The summed E-state index contributed by atoms with van der Waals surface area (Å²) >= 11 is 0. The highest BCUT2D eigenvalue weighted by Crippen LogP contribution is 2.70. The van der Waals surface area contributed by atoms with Gasteiger partial charge in [-0.2, -0.15) is 0 Å². The Morgan fingerprint density at radius 2 is 1.97 bits per heavy atom. The SMILES string of the molecule is C[C@]12CC[C@H](OC(=O)NCCN3CC[C@@H](O)C3)C[C@H]1CC[C@@H]1[C@@H]2CC[C@]2(C)[C@@H](C3=CC(=O)OC3)CC[C@]12O. The van der Waals surface area contributed by atoms with Gasteiger partial charge in [-0.3, -0.25) is 4.90 Å². The maximum Gasteiger partial charge on any atom is 0.407 e. The number of amides is 1. The third-order valence-electron chi connectivity index (χ3n) is 12.2. The topological polar surface area (TPSA) is 108 Å². The molecular formula is C30H46N2O6. The molecule has 2 heterocycles. The van der Waals surface area contributed by atoms with Gasteiger partial charge < -0.3 is 25.0 Å². The number of likely N-dealkylation sites (tertiary alicyclic amines) is 1. The first-order chi connectivity index (χ1) is 18.1. The highest BCUT2D eigenvalue weighted by atomic mass is 16.6. The molecule has 8 nitrogen and oxygen atoms in total. The first-order valence-corrected chi connectivity index (χ1v) is 15.1. The zero-order valence-corrected chi connectivity index (χ0v) is 23.1. The van der Waals surface area contributed by atoms with Gasteiger partial charge in [0, 0.05) is 37.7 Å². The highest BCUT2D eigenvalue weighted by molar-refractivity contribution is 5.85. The van der Waals surface area contributed by atoms with Gasteiger partial charge in [-0.05, 0) is 98.9 Å². The molecule has 2 aliphatic heterocycles. The maximum atomic E-state index is 12.5. The number of nitrogens with zero attached hydrogens (tertiary/aromatic N) is 1. The number of alkyl carbamates (subject to hydrolysis) is 1. The zero-order valence-electron chi connectivity index (χ0n) is 23.1. The largest absolute Gasteiger partial charge is 0.458 e. The lowest BCUT2D eigenvalue weighted by molar-refractivity contribution is -0.208. The highest BCUT2D eigenvalue weighted by Gasteiger charge is 2.67. The number of fused-ring (bicyclic) bond motifs is 5. The summed E-state index contributed by atoms with van der Waals surface area (Å²) in [7, 11) is 0. The summed E-state index contributed by atoms with van der Waals surface area (Å²) in [6.45, 7) is 7.95. The summed E-state index contributed by atoms with van der Waals surface area (Å²) in [6, 6.07) is 0. The first kappa shape index (κ1) is 26.6. The number of aliphatic hydroxyl groups excluding tert-OH is 1. The van der Waals surface area contributed by atoms with Gasteiger partial charge in [-0.1, -0.05) is 13.8 Å². The molecule has 0 aromatic rings. The summed E-state index contributed by atoms with van der Waals surface area (Å²) < 4.78 is 11.1. The molecule has 0 aromatic heterocycles. The van der Waals surface area contributed by atoms with Crippen molar-refractivity contribution in [3.63, 3.8) is 0 Å². The number of hydrogen-bond donors (Lipinski definition) is 3. The molecule has 1 amide bonds. The van der Waals surface area contributed by atoms with Crippen LogP contribution in [0.3, 0.4) is 0 Å². The number of carbonyl (C=O) groups excluding carboxylic acids is 2. The second kappa shape index (κ2) is 9.77. The summed E-state index contributed by atoms with van der Waals surface area (Å²) in [5.41, 5.74) is 0.347. The molecule has 38 heavy (non-hydrogen) atoms. The van der Waals surface area contributed by atoms with E-state index in [1.54, 1.807) is 6.08 Å². The van der Waals surface area contributed by atoms with E-state index >= 15 is 0 Å². The third kappa shape index (κ3) is 4.29. The number of cyclic esters (lactones) is 1. The van der Waals surface area contributed by atoms with Gasteiger partial charge in [-0.25, -0.2) is 9.59 Å². The number of β-amino-alcohol motifs (C(OH)–C–C–N with tert-alkyl or cyclic N) is 1. The molecule has 6 aliphatic rings. The van der Waals surface area contributed by atoms with E-state index in [0.29, 0.717) is 31.5 Å². The molecule has 6 rings (SSSR count). The van der Waals surface area contributed by atoms with Crippen molar-refractivity contribution in [2.45, 2.75) is 95.9 Å². The van der Waals surface area contributed by atoms with Crippen molar-refractivity contribution in [2.75, 3.05) is 32.8 Å². The van der Waals surface area contributed by atoms with Crippen LogP contribution in [0.5, 0.6) is 0 Å². The van der Waals surface area contributed by atoms with E-state index in [9.17, 15) is 19.8 Å². The van der Waals surface area contributed by atoms with Crippen LogP contribution in [-0.2, 0) is 14.3 Å². The van der Waals surface area contributed by atoms with Gasteiger partial charge >= 0.3 is 12.1 Å².